The molecule has 0 spiro atoms. The predicted octanol–water partition coefficient (Wildman–Crippen LogP) is 1.78. The molecule has 0 saturated heterocycles. The van der Waals surface area contributed by atoms with Crippen LogP contribution in [0.25, 0.3) is 5.78 Å². The first-order valence-corrected chi connectivity index (χ1v) is 7.89. The van der Waals surface area contributed by atoms with Crippen molar-refractivity contribution in [1.29, 1.82) is 0 Å². The fourth-order valence-electron chi connectivity index (χ4n) is 2.39. The molecular weight excluding hydrogens is 300 g/mol. The molecule has 1 fully saturated rings. The topological polar surface area (TPSA) is 78.0 Å². The standard InChI is InChI=1S/C14H14N6OS/c1-8-7-9(2)20-13(16-8)17-14(18-20)22-11-12(21)19(6-5-15-11)10-3-4-10/h5-7,10H,3-4H2,1-2H3. The molecule has 3 heterocycles. The van der Waals surface area contributed by atoms with Crippen LogP contribution in [-0.2, 0) is 0 Å². The van der Waals surface area contributed by atoms with Gasteiger partial charge in [0.05, 0.1) is 0 Å². The number of aryl methyl sites for hydroxylation is 2. The summed E-state index contributed by atoms with van der Waals surface area (Å²) in [4.78, 5) is 25.3. The highest BCUT2D eigenvalue weighted by Gasteiger charge is 2.25. The summed E-state index contributed by atoms with van der Waals surface area (Å²) in [5.74, 6) is 0.540. The van der Waals surface area contributed by atoms with Gasteiger partial charge in [-0.2, -0.15) is 4.98 Å². The van der Waals surface area contributed by atoms with Crippen molar-refractivity contribution in [2.24, 2.45) is 0 Å². The highest BCUT2D eigenvalue weighted by Crippen LogP contribution is 2.33. The van der Waals surface area contributed by atoms with Crippen LogP contribution in [0, 0.1) is 13.8 Å². The molecule has 1 saturated carbocycles. The molecule has 0 unspecified atom stereocenters. The highest BCUT2D eigenvalue weighted by molar-refractivity contribution is 7.99. The van der Waals surface area contributed by atoms with Crippen molar-refractivity contribution in [2.75, 3.05) is 0 Å². The van der Waals surface area contributed by atoms with Gasteiger partial charge in [0.2, 0.25) is 5.16 Å². The molecule has 4 rings (SSSR count). The molecule has 1 aliphatic rings. The van der Waals surface area contributed by atoms with E-state index < -0.39 is 0 Å². The van der Waals surface area contributed by atoms with Gasteiger partial charge in [0.15, 0.2) is 5.03 Å². The summed E-state index contributed by atoms with van der Waals surface area (Å²) in [5.41, 5.74) is 1.77. The summed E-state index contributed by atoms with van der Waals surface area (Å²) >= 11 is 1.19. The third-order valence-electron chi connectivity index (χ3n) is 3.56. The van der Waals surface area contributed by atoms with E-state index in [-0.39, 0.29) is 5.56 Å². The van der Waals surface area contributed by atoms with Crippen molar-refractivity contribution in [3.63, 3.8) is 0 Å². The smallest absolute Gasteiger partial charge is 0.283 e. The molecule has 0 aromatic carbocycles. The summed E-state index contributed by atoms with van der Waals surface area (Å²) in [6, 6.07) is 2.27. The molecular formula is C14H14N6OS. The zero-order valence-corrected chi connectivity index (χ0v) is 13.0. The number of rotatable bonds is 3. The molecule has 7 nitrogen and oxygen atoms in total. The quantitative estimate of drug-likeness (QED) is 0.733. The Morgan fingerprint density at radius 1 is 1.27 bits per heavy atom. The second kappa shape index (κ2) is 4.91. The lowest BCUT2D eigenvalue weighted by molar-refractivity contribution is 0.674. The summed E-state index contributed by atoms with van der Waals surface area (Å²) in [6.07, 6.45) is 5.52. The molecule has 0 N–H and O–H groups in total. The average molecular weight is 314 g/mol. The van der Waals surface area contributed by atoms with Crippen LogP contribution in [-0.4, -0.2) is 29.1 Å². The minimum Gasteiger partial charge on any atom is -0.309 e. The number of fused-ring (bicyclic) bond motifs is 1. The van der Waals surface area contributed by atoms with E-state index in [9.17, 15) is 4.79 Å². The van der Waals surface area contributed by atoms with Crippen molar-refractivity contribution in [2.45, 2.75) is 42.9 Å². The van der Waals surface area contributed by atoms with E-state index in [1.54, 1.807) is 21.5 Å². The molecule has 0 amide bonds. The van der Waals surface area contributed by atoms with Gasteiger partial charge in [0.1, 0.15) is 0 Å². The Morgan fingerprint density at radius 3 is 2.86 bits per heavy atom. The highest BCUT2D eigenvalue weighted by atomic mass is 32.2. The summed E-state index contributed by atoms with van der Waals surface area (Å²) in [5, 5.41) is 5.29. The molecule has 112 valence electrons. The Hall–Kier alpha value is -2.22. The number of nitrogens with zero attached hydrogens (tertiary/aromatic N) is 6. The normalized spacial score (nSPS) is 14.6. The van der Waals surface area contributed by atoms with Crippen LogP contribution in [0.3, 0.4) is 0 Å². The number of aromatic nitrogens is 6. The van der Waals surface area contributed by atoms with Crippen LogP contribution in [0.15, 0.2) is 33.4 Å². The van der Waals surface area contributed by atoms with E-state index in [0.29, 0.717) is 22.0 Å². The van der Waals surface area contributed by atoms with Gasteiger partial charge >= 0.3 is 0 Å². The van der Waals surface area contributed by atoms with E-state index in [0.717, 1.165) is 24.2 Å². The summed E-state index contributed by atoms with van der Waals surface area (Å²) in [6.45, 7) is 3.87. The van der Waals surface area contributed by atoms with Crippen LogP contribution in [0.2, 0.25) is 0 Å². The van der Waals surface area contributed by atoms with Crippen LogP contribution in [0.1, 0.15) is 30.3 Å². The fourth-order valence-corrected chi connectivity index (χ4v) is 3.12. The Balaban J connectivity index is 1.73. The Kier molecular flexibility index (Phi) is 3.00. The first kappa shape index (κ1) is 13.4. The minimum absolute atomic E-state index is 0.0743. The second-order valence-corrected chi connectivity index (χ2v) is 6.38. The van der Waals surface area contributed by atoms with Gasteiger partial charge in [0, 0.05) is 29.8 Å². The molecule has 3 aromatic heterocycles. The van der Waals surface area contributed by atoms with Crippen molar-refractivity contribution in [1.82, 2.24) is 29.1 Å². The molecule has 0 atom stereocenters. The Labute approximate surface area is 130 Å². The van der Waals surface area contributed by atoms with Gasteiger partial charge in [-0.15, -0.1) is 5.10 Å². The summed E-state index contributed by atoms with van der Waals surface area (Å²) in [7, 11) is 0. The molecule has 22 heavy (non-hydrogen) atoms. The van der Waals surface area contributed by atoms with Crippen LogP contribution < -0.4 is 5.56 Å². The van der Waals surface area contributed by atoms with Gasteiger partial charge in [-0.1, -0.05) is 0 Å². The first-order chi connectivity index (χ1) is 10.6. The maximum Gasteiger partial charge on any atom is 0.283 e. The zero-order valence-electron chi connectivity index (χ0n) is 12.2. The molecule has 8 heteroatoms. The van der Waals surface area contributed by atoms with E-state index in [1.165, 1.54) is 11.8 Å². The molecule has 3 aromatic rings. The van der Waals surface area contributed by atoms with Crippen molar-refractivity contribution in [3.8, 4) is 0 Å². The van der Waals surface area contributed by atoms with E-state index in [1.807, 2.05) is 19.9 Å². The average Bonchev–Trinajstić information content (AvgIpc) is 3.22. The maximum absolute atomic E-state index is 12.4. The van der Waals surface area contributed by atoms with Crippen LogP contribution >= 0.6 is 11.8 Å². The van der Waals surface area contributed by atoms with E-state index in [4.69, 9.17) is 0 Å². The number of hydrogen-bond donors (Lipinski definition) is 0. The monoisotopic (exact) mass is 314 g/mol. The predicted molar refractivity (Wildman–Crippen MR) is 81.1 cm³/mol. The van der Waals surface area contributed by atoms with Crippen LogP contribution in [0.5, 0.6) is 0 Å². The van der Waals surface area contributed by atoms with Gasteiger partial charge < -0.3 is 4.57 Å². The Bertz CT molecular complexity index is 927. The van der Waals surface area contributed by atoms with Gasteiger partial charge in [0.25, 0.3) is 11.3 Å². The van der Waals surface area contributed by atoms with E-state index in [2.05, 4.69) is 20.1 Å². The SMILES string of the molecule is Cc1cc(C)n2nc(Sc3nccn(C4CC4)c3=O)nc2n1. The third-order valence-corrected chi connectivity index (χ3v) is 4.39. The largest absolute Gasteiger partial charge is 0.309 e. The molecule has 1 aliphatic carbocycles. The van der Waals surface area contributed by atoms with Crippen LogP contribution in [0.4, 0.5) is 0 Å². The summed E-state index contributed by atoms with van der Waals surface area (Å²) < 4.78 is 3.43. The number of hydrogen-bond acceptors (Lipinski definition) is 6. The molecule has 0 bridgehead atoms. The van der Waals surface area contributed by atoms with E-state index >= 15 is 0 Å². The van der Waals surface area contributed by atoms with Crippen molar-refractivity contribution >= 4 is 17.5 Å². The molecule has 0 radical (unpaired) electrons. The molecule has 0 aliphatic heterocycles. The second-order valence-electron chi connectivity index (χ2n) is 5.42. The van der Waals surface area contributed by atoms with Gasteiger partial charge in [-0.3, -0.25) is 4.79 Å². The zero-order chi connectivity index (χ0) is 15.3. The lowest BCUT2D eigenvalue weighted by atomic mass is 10.4. The van der Waals surface area contributed by atoms with Crippen molar-refractivity contribution in [3.05, 3.63) is 40.2 Å². The maximum atomic E-state index is 12.4. The van der Waals surface area contributed by atoms with Crippen molar-refractivity contribution < 1.29 is 0 Å². The minimum atomic E-state index is -0.0743. The first-order valence-electron chi connectivity index (χ1n) is 7.08. The lowest BCUT2D eigenvalue weighted by Gasteiger charge is -2.03. The lowest BCUT2D eigenvalue weighted by Crippen LogP contribution is -2.20. The van der Waals surface area contributed by atoms with Gasteiger partial charge in [-0.25, -0.2) is 14.5 Å². The fraction of sp³-hybridized carbons (Fsp3) is 0.357. The third kappa shape index (κ3) is 2.29. The van der Waals surface area contributed by atoms with Gasteiger partial charge in [-0.05, 0) is 44.5 Å². The Morgan fingerprint density at radius 2 is 2.09 bits per heavy atom.